The van der Waals surface area contributed by atoms with Crippen LogP contribution >= 0.6 is 12.4 Å². The van der Waals surface area contributed by atoms with E-state index in [-0.39, 0.29) is 23.2 Å². The molecule has 1 aromatic heterocycles. The minimum atomic E-state index is -3.87. The first-order chi connectivity index (χ1) is 13.0. The van der Waals surface area contributed by atoms with Crippen LogP contribution in [-0.2, 0) is 16.6 Å². The van der Waals surface area contributed by atoms with Gasteiger partial charge in [-0.15, -0.1) is 12.4 Å². The van der Waals surface area contributed by atoms with Crippen molar-refractivity contribution in [2.24, 2.45) is 0 Å². The fourth-order valence-corrected chi connectivity index (χ4v) is 4.32. The highest BCUT2D eigenvalue weighted by atomic mass is 35.5. The molecular weight excluding hydrogens is 398 g/mol. The summed E-state index contributed by atoms with van der Waals surface area (Å²) in [4.78, 5) is 11.9. The van der Waals surface area contributed by atoms with Gasteiger partial charge in [0.25, 0.3) is 15.9 Å². The van der Waals surface area contributed by atoms with Gasteiger partial charge in [0.1, 0.15) is 0 Å². The predicted molar refractivity (Wildman–Crippen MR) is 112 cm³/mol. The van der Waals surface area contributed by atoms with Crippen LogP contribution in [0.25, 0.3) is 11.3 Å². The Morgan fingerprint density at radius 2 is 1.71 bits per heavy atom. The van der Waals surface area contributed by atoms with Crippen molar-refractivity contribution in [1.82, 2.24) is 14.6 Å². The van der Waals surface area contributed by atoms with E-state index in [1.165, 1.54) is 23.2 Å². The predicted octanol–water partition coefficient (Wildman–Crippen LogP) is 2.89. The number of halogens is 1. The van der Waals surface area contributed by atoms with Crippen LogP contribution in [0.1, 0.15) is 15.9 Å². The Hall–Kier alpha value is -2.61. The molecule has 148 valence electrons. The van der Waals surface area contributed by atoms with Gasteiger partial charge >= 0.3 is 0 Å². The Balaban J connectivity index is 0.00000280. The number of amides is 1. The van der Waals surface area contributed by atoms with Gasteiger partial charge in [0.05, 0.1) is 10.6 Å². The average molecular weight is 420 g/mol. The van der Waals surface area contributed by atoms with Crippen LogP contribution in [0.5, 0.6) is 0 Å². The van der Waals surface area contributed by atoms with Gasteiger partial charge in [-0.25, -0.2) is 12.4 Å². The molecule has 0 aliphatic heterocycles. The Labute approximate surface area is 171 Å². The molecule has 0 atom stereocenters. The fourth-order valence-electron chi connectivity index (χ4n) is 2.87. The maximum absolute atomic E-state index is 13.3. The van der Waals surface area contributed by atoms with E-state index in [1.54, 1.807) is 25.4 Å². The normalized spacial score (nSPS) is 10.9. The van der Waals surface area contributed by atoms with E-state index in [1.807, 2.05) is 36.4 Å². The topological polar surface area (TPSA) is 80.2 Å². The number of nitrogens with zero attached hydrogens (tertiary/aromatic N) is 1. The van der Waals surface area contributed by atoms with Crippen molar-refractivity contribution in [2.45, 2.75) is 11.4 Å². The largest absolute Gasteiger partial charge is 0.355 e. The molecule has 0 fully saturated rings. The molecule has 0 saturated carbocycles. The van der Waals surface area contributed by atoms with E-state index < -0.39 is 10.0 Å². The van der Waals surface area contributed by atoms with Crippen molar-refractivity contribution >= 4 is 28.3 Å². The molecule has 0 unspecified atom stereocenters. The summed E-state index contributed by atoms with van der Waals surface area (Å²) < 4.78 is 27.9. The third kappa shape index (κ3) is 4.27. The minimum Gasteiger partial charge on any atom is -0.355 e. The van der Waals surface area contributed by atoms with Crippen LogP contribution in [0.4, 0.5) is 0 Å². The number of nitrogens with one attached hydrogen (secondary N) is 2. The van der Waals surface area contributed by atoms with Crippen molar-refractivity contribution in [3.8, 4) is 11.3 Å². The lowest BCUT2D eigenvalue weighted by atomic mass is 10.1. The maximum Gasteiger partial charge on any atom is 0.268 e. The number of carbonyl (C=O) groups is 1. The lowest BCUT2D eigenvalue weighted by Crippen LogP contribution is -2.19. The first kappa shape index (κ1) is 21.7. The van der Waals surface area contributed by atoms with Crippen molar-refractivity contribution < 1.29 is 13.2 Å². The van der Waals surface area contributed by atoms with E-state index >= 15 is 0 Å². The number of benzene rings is 2. The summed E-state index contributed by atoms with van der Waals surface area (Å²) in [5.41, 5.74) is 2.52. The van der Waals surface area contributed by atoms with Crippen LogP contribution in [0.3, 0.4) is 0 Å². The SMILES string of the molecule is CNCc1cc(-c2ccccc2)n(S(=O)(=O)c2cccc(C(=O)NC)c2)c1.Cl. The first-order valence-corrected chi connectivity index (χ1v) is 9.90. The summed E-state index contributed by atoms with van der Waals surface area (Å²) in [6.45, 7) is 0.542. The summed E-state index contributed by atoms with van der Waals surface area (Å²) >= 11 is 0. The molecule has 0 saturated heterocycles. The summed E-state index contributed by atoms with van der Waals surface area (Å²) in [6, 6.07) is 17.2. The van der Waals surface area contributed by atoms with Crippen molar-refractivity contribution in [2.75, 3.05) is 14.1 Å². The van der Waals surface area contributed by atoms with E-state index in [0.717, 1.165) is 11.1 Å². The summed E-state index contributed by atoms with van der Waals surface area (Å²) in [5.74, 6) is -0.335. The average Bonchev–Trinajstić information content (AvgIpc) is 3.13. The Morgan fingerprint density at radius 1 is 1.00 bits per heavy atom. The zero-order chi connectivity index (χ0) is 19.4. The molecule has 3 rings (SSSR count). The molecule has 3 aromatic rings. The second-order valence-electron chi connectivity index (χ2n) is 6.04. The van der Waals surface area contributed by atoms with Crippen molar-refractivity contribution in [1.29, 1.82) is 0 Å². The van der Waals surface area contributed by atoms with Gasteiger partial charge in [0, 0.05) is 25.4 Å². The number of aromatic nitrogens is 1. The third-order valence-electron chi connectivity index (χ3n) is 4.17. The van der Waals surface area contributed by atoms with Crippen LogP contribution in [0, 0.1) is 0 Å². The van der Waals surface area contributed by atoms with Crippen molar-refractivity contribution in [3.63, 3.8) is 0 Å². The maximum atomic E-state index is 13.3. The number of carbonyl (C=O) groups excluding carboxylic acids is 1. The number of rotatable bonds is 6. The monoisotopic (exact) mass is 419 g/mol. The van der Waals surface area contributed by atoms with E-state index in [2.05, 4.69) is 10.6 Å². The van der Waals surface area contributed by atoms with E-state index in [9.17, 15) is 13.2 Å². The van der Waals surface area contributed by atoms with Crippen molar-refractivity contribution in [3.05, 3.63) is 78.0 Å². The highest BCUT2D eigenvalue weighted by Crippen LogP contribution is 2.27. The fraction of sp³-hybridized carbons (Fsp3) is 0.150. The Kier molecular flexibility index (Phi) is 7.01. The molecule has 6 nitrogen and oxygen atoms in total. The highest BCUT2D eigenvalue weighted by molar-refractivity contribution is 7.90. The molecule has 0 aliphatic rings. The zero-order valence-corrected chi connectivity index (χ0v) is 17.2. The standard InChI is InChI=1S/C20H21N3O3S.ClH/c1-21-13-15-11-19(16-7-4-3-5-8-16)23(14-15)27(25,26)18-10-6-9-17(12-18)20(24)22-2;/h3-12,14,21H,13H2,1-2H3,(H,22,24);1H. The van der Waals surface area contributed by atoms with Gasteiger partial charge in [0.15, 0.2) is 0 Å². The Morgan fingerprint density at radius 3 is 2.36 bits per heavy atom. The molecule has 2 aromatic carbocycles. The summed E-state index contributed by atoms with van der Waals surface area (Å²) in [7, 11) is -0.557. The summed E-state index contributed by atoms with van der Waals surface area (Å²) in [5, 5.41) is 5.55. The first-order valence-electron chi connectivity index (χ1n) is 8.46. The van der Waals surface area contributed by atoms with Crippen LogP contribution in [-0.4, -0.2) is 32.4 Å². The van der Waals surface area contributed by atoms with Gasteiger partial charge in [-0.2, -0.15) is 0 Å². The zero-order valence-electron chi connectivity index (χ0n) is 15.5. The number of hydrogen-bond donors (Lipinski definition) is 2. The lowest BCUT2D eigenvalue weighted by molar-refractivity contribution is 0.0963. The van der Waals surface area contributed by atoms with E-state index in [0.29, 0.717) is 17.8 Å². The molecule has 0 radical (unpaired) electrons. The quantitative estimate of drug-likeness (QED) is 0.643. The van der Waals surface area contributed by atoms with Crippen LogP contribution in [0.2, 0.25) is 0 Å². The molecule has 1 amide bonds. The van der Waals surface area contributed by atoms with Gasteiger partial charge in [0.2, 0.25) is 0 Å². The van der Waals surface area contributed by atoms with Gasteiger partial charge in [-0.1, -0.05) is 36.4 Å². The van der Waals surface area contributed by atoms with Crippen LogP contribution in [0.15, 0.2) is 71.8 Å². The molecule has 28 heavy (non-hydrogen) atoms. The molecule has 0 spiro atoms. The van der Waals surface area contributed by atoms with Gasteiger partial charge < -0.3 is 10.6 Å². The molecule has 1 heterocycles. The second kappa shape index (κ2) is 9.05. The Bertz CT molecular complexity index is 1060. The third-order valence-corrected chi connectivity index (χ3v) is 5.84. The van der Waals surface area contributed by atoms with E-state index in [4.69, 9.17) is 0 Å². The molecule has 2 N–H and O–H groups in total. The summed E-state index contributed by atoms with van der Waals surface area (Å²) in [6.07, 6.45) is 1.61. The molecular formula is C20H22ClN3O3S. The highest BCUT2D eigenvalue weighted by Gasteiger charge is 2.22. The molecule has 0 bridgehead atoms. The molecule has 8 heteroatoms. The van der Waals surface area contributed by atoms with Crippen LogP contribution < -0.4 is 10.6 Å². The number of hydrogen-bond acceptors (Lipinski definition) is 4. The molecule has 0 aliphatic carbocycles. The minimum absolute atomic E-state index is 0. The smallest absolute Gasteiger partial charge is 0.268 e. The lowest BCUT2D eigenvalue weighted by Gasteiger charge is -2.11. The second-order valence-corrected chi connectivity index (χ2v) is 7.85. The van der Waals surface area contributed by atoms with Gasteiger partial charge in [-0.05, 0) is 42.4 Å². The van der Waals surface area contributed by atoms with Gasteiger partial charge in [-0.3, -0.25) is 4.79 Å².